The fourth-order valence-electron chi connectivity index (χ4n) is 2.95. The van der Waals surface area contributed by atoms with Crippen molar-refractivity contribution in [3.05, 3.63) is 42.2 Å². The Hall–Kier alpha value is -2.34. The minimum atomic E-state index is -0.735. The van der Waals surface area contributed by atoms with E-state index in [2.05, 4.69) is 15.7 Å². The predicted molar refractivity (Wildman–Crippen MR) is 88.7 cm³/mol. The highest BCUT2D eigenvalue weighted by Gasteiger charge is 2.31. The molecule has 3 N–H and O–H groups in total. The monoisotopic (exact) mass is 314 g/mol. The predicted octanol–water partition coefficient (Wildman–Crippen LogP) is 2.20. The molecule has 0 aliphatic heterocycles. The summed E-state index contributed by atoms with van der Waals surface area (Å²) in [4.78, 5) is 12.3. The van der Waals surface area contributed by atoms with E-state index in [1.807, 2.05) is 25.4 Å². The zero-order valence-electron chi connectivity index (χ0n) is 13.2. The second-order valence-electron chi connectivity index (χ2n) is 6.22. The van der Waals surface area contributed by atoms with Gasteiger partial charge in [0.05, 0.1) is 17.5 Å². The maximum absolute atomic E-state index is 12.3. The number of nitrogens with zero attached hydrogens (tertiary/aromatic N) is 2. The molecule has 1 amide bonds. The quantitative estimate of drug-likeness (QED) is 0.790. The number of hydrogen-bond donors (Lipinski definition) is 3. The summed E-state index contributed by atoms with van der Waals surface area (Å²) in [5.41, 5.74) is 1.53. The van der Waals surface area contributed by atoms with Gasteiger partial charge in [0, 0.05) is 31.0 Å². The fraction of sp³-hybridized carbons (Fsp3) is 0.412. The van der Waals surface area contributed by atoms with E-state index in [9.17, 15) is 9.90 Å². The number of aliphatic hydroxyl groups is 1. The fourth-order valence-corrected chi connectivity index (χ4v) is 2.95. The Morgan fingerprint density at radius 1 is 1.35 bits per heavy atom. The molecule has 6 heteroatoms. The molecule has 0 radical (unpaired) electrons. The molecule has 6 nitrogen and oxygen atoms in total. The van der Waals surface area contributed by atoms with Gasteiger partial charge in [-0.3, -0.25) is 9.48 Å². The van der Waals surface area contributed by atoms with Gasteiger partial charge in [-0.25, -0.2) is 0 Å². The number of carbonyl (C=O) groups is 1. The molecular formula is C17H22N4O2. The van der Waals surface area contributed by atoms with Gasteiger partial charge >= 0.3 is 0 Å². The largest absolute Gasteiger partial charge is 0.388 e. The summed E-state index contributed by atoms with van der Waals surface area (Å²) in [7, 11) is 1.85. The lowest BCUT2D eigenvalue weighted by Gasteiger charge is -2.22. The Morgan fingerprint density at radius 2 is 2.13 bits per heavy atom. The number of rotatable bonds is 5. The molecule has 0 spiro atoms. The van der Waals surface area contributed by atoms with Gasteiger partial charge in [0.1, 0.15) is 0 Å². The topological polar surface area (TPSA) is 79.2 Å². The normalized spacial score (nSPS) is 16.3. The number of amides is 1. The van der Waals surface area contributed by atoms with Gasteiger partial charge in [0.25, 0.3) is 5.91 Å². The number of anilines is 2. The van der Waals surface area contributed by atoms with Crippen molar-refractivity contribution in [2.75, 3.05) is 11.9 Å². The van der Waals surface area contributed by atoms with Gasteiger partial charge in [0.2, 0.25) is 0 Å². The first-order chi connectivity index (χ1) is 11.0. The molecule has 1 aliphatic carbocycles. The van der Waals surface area contributed by atoms with E-state index in [1.165, 1.54) is 0 Å². The molecule has 0 saturated heterocycles. The smallest absolute Gasteiger partial charge is 0.251 e. The molecule has 0 atom stereocenters. The van der Waals surface area contributed by atoms with Gasteiger partial charge in [-0.1, -0.05) is 18.9 Å². The summed E-state index contributed by atoms with van der Waals surface area (Å²) in [5, 5.41) is 20.5. The molecule has 23 heavy (non-hydrogen) atoms. The lowest BCUT2D eigenvalue weighted by molar-refractivity contribution is 0.0449. The van der Waals surface area contributed by atoms with Crippen LogP contribution >= 0.6 is 0 Å². The lowest BCUT2D eigenvalue weighted by Crippen LogP contribution is -2.40. The number of aromatic nitrogens is 2. The van der Waals surface area contributed by atoms with Crippen LogP contribution in [0.3, 0.4) is 0 Å². The Bertz CT molecular complexity index is 689. The standard InChI is InChI=1S/C17H22N4O2/c1-21-11-15(10-19-21)20-14-6-4-5-13(9-14)16(22)18-12-17(23)7-2-3-8-17/h4-6,9-11,20,23H,2-3,7-8,12H2,1H3,(H,18,22). The number of hydrogen-bond acceptors (Lipinski definition) is 4. The number of aryl methyl sites for hydroxylation is 1. The third-order valence-electron chi connectivity index (χ3n) is 4.23. The molecule has 0 bridgehead atoms. The summed E-state index contributed by atoms with van der Waals surface area (Å²) in [6, 6.07) is 7.29. The van der Waals surface area contributed by atoms with E-state index >= 15 is 0 Å². The van der Waals surface area contributed by atoms with Crippen LogP contribution in [0.15, 0.2) is 36.7 Å². The van der Waals surface area contributed by atoms with Crippen molar-refractivity contribution < 1.29 is 9.90 Å². The third-order valence-corrected chi connectivity index (χ3v) is 4.23. The summed E-state index contributed by atoms with van der Waals surface area (Å²) < 4.78 is 1.71. The Balaban J connectivity index is 1.63. The molecule has 122 valence electrons. The average molecular weight is 314 g/mol. The summed E-state index contributed by atoms with van der Waals surface area (Å²) in [6.07, 6.45) is 7.16. The van der Waals surface area contributed by atoms with Crippen molar-refractivity contribution in [2.45, 2.75) is 31.3 Å². The molecule has 1 fully saturated rings. The molecule has 1 heterocycles. The molecule has 1 saturated carbocycles. The molecular weight excluding hydrogens is 292 g/mol. The first kappa shape index (κ1) is 15.6. The van der Waals surface area contributed by atoms with Gasteiger partial charge in [-0.15, -0.1) is 0 Å². The third kappa shape index (κ3) is 3.90. The van der Waals surface area contributed by atoms with Crippen LogP contribution in [-0.2, 0) is 7.05 Å². The Morgan fingerprint density at radius 3 is 2.83 bits per heavy atom. The van der Waals surface area contributed by atoms with Crippen molar-refractivity contribution >= 4 is 17.3 Å². The van der Waals surface area contributed by atoms with Crippen LogP contribution < -0.4 is 10.6 Å². The minimum absolute atomic E-state index is 0.167. The molecule has 3 rings (SSSR count). The van der Waals surface area contributed by atoms with E-state index < -0.39 is 5.60 Å². The highest BCUT2D eigenvalue weighted by molar-refractivity contribution is 5.95. The summed E-state index contributed by atoms with van der Waals surface area (Å²) in [5.74, 6) is -0.167. The molecule has 1 aliphatic rings. The summed E-state index contributed by atoms with van der Waals surface area (Å²) >= 11 is 0. The van der Waals surface area contributed by atoms with Crippen LogP contribution in [-0.4, -0.2) is 32.9 Å². The van der Waals surface area contributed by atoms with Crippen molar-refractivity contribution in [1.29, 1.82) is 0 Å². The molecule has 1 aromatic carbocycles. The van der Waals surface area contributed by atoms with Crippen LogP contribution in [0.1, 0.15) is 36.0 Å². The summed E-state index contributed by atoms with van der Waals surface area (Å²) in [6.45, 7) is 0.312. The van der Waals surface area contributed by atoms with Crippen LogP contribution in [0.4, 0.5) is 11.4 Å². The van der Waals surface area contributed by atoms with E-state index in [1.54, 1.807) is 23.0 Å². The molecule has 1 aromatic heterocycles. The maximum atomic E-state index is 12.3. The van der Waals surface area contributed by atoms with Crippen LogP contribution in [0.25, 0.3) is 0 Å². The van der Waals surface area contributed by atoms with Crippen LogP contribution in [0, 0.1) is 0 Å². The van der Waals surface area contributed by atoms with Crippen molar-refractivity contribution in [1.82, 2.24) is 15.1 Å². The minimum Gasteiger partial charge on any atom is -0.388 e. The SMILES string of the molecule is Cn1cc(Nc2cccc(C(=O)NCC3(O)CCCC3)c2)cn1. The highest BCUT2D eigenvalue weighted by Crippen LogP contribution is 2.28. The van der Waals surface area contributed by atoms with Gasteiger partial charge in [0.15, 0.2) is 0 Å². The van der Waals surface area contributed by atoms with Crippen LogP contribution in [0.2, 0.25) is 0 Å². The lowest BCUT2D eigenvalue weighted by atomic mass is 10.0. The van der Waals surface area contributed by atoms with Crippen LogP contribution in [0.5, 0.6) is 0 Å². The van der Waals surface area contributed by atoms with Gasteiger partial charge < -0.3 is 15.7 Å². The Kier molecular flexibility index (Phi) is 4.34. The first-order valence-electron chi connectivity index (χ1n) is 7.90. The first-order valence-corrected chi connectivity index (χ1v) is 7.90. The zero-order valence-corrected chi connectivity index (χ0v) is 13.2. The molecule has 0 unspecified atom stereocenters. The van der Waals surface area contributed by atoms with Gasteiger partial charge in [-0.2, -0.15) is 5.10 Å². The Labute approximate surface area is 135 Å². The van der Waals surface area contributed by atoms with E-state index in [4.69, 9.17) is 0 Å². The maximum Gasteiger partial charge on any atom is 0.251 e. The number of nitrogens with one attached hydrogen (secondary N) is 2. The number of carbonyl (C=O) groups excluding carboxylic acids is 1. The zero-order chi connectivity index (χ0) is 16.3. The average Bonchev–Trinajstić information content (AvgIpc) is 3.14. The molecule has 2 aromatic rings. The van der Waals surface area contributed by atoms with E-state index in [-0.39, 0.29) is 5.91 Å². The highest BCUT2D eigenvalue weighted by atomic mass is 16.3. The number of benzene rings is 1. The van der Waals surface area contributed by atoms with Gasteiger partial charge in [-0.05, 0) is 31.0 Å². The van der Waals surface area contributed by atoms with Crippen molar-refractivity contribution in [3.8, 4) is 0 Å². The van der Waals surface area contributed by atoms with Crippen molar-refractivity contribution in [2.24, 2.45) is 7.05 Å². The second-order valence-corrected chi connectivity index (χ2v) is 6.22. The van der Waals surface area contributed by atoms with Crippen molar-refractivity contribution in [3.63, 3.8) is 0 Å². The van der Waals surface area contributed by atoms with E-state index in [0.29, 0.717) is 12.1 Å². The second kappa shape index (κ2) is 6.42. The van der Waals surface area contributed by atoms with E-state index in [0.717, 1.165) is 37.1 Å².